The molecule has 6 heteroatoms. The minimum Gasteiger partial charge on any atom is -0.323 e. The van der Waals surface area contributed by atoms with Crippen molar-refractivity contribution < 1.29 is 0 Å². The lowest BCUT2D eigenvalue weighted by atomic mass is 10.3. The van der Waals surface area contributed by atoms with Crippen LogP contribution < -0.4 is 5.73 Å². The van der Waals surface area contributed by atoms with E-state index in [0.29, 0.717) is 6.54 Å². The molecule has 1 unspecified atom stereocenters. The number of nitrogens with zero attached hydrogens (tertiary/aromatic N) is 5. The van der Waals surface area contributed by atoms with E-state index in [0.717, 1.165) is 17.1 Å². The fourth-order valence-corrected chi connectivity index (χ4v) is 1.94. The molecule has 6 nitrogen and oxygen atoms in total. The van der Waals surface area contributed by atoms with Gasteiger partial charge in [-0.3, -0.25) is 0 Å². The topological polar surface area (TPSA) is 74.5 Å². The lowest BCUT2D eigenvalue weighted by Gasteiger charge is -2.00. The van der Waals surface area contributed by atoms with Crippen LogP contribution >= 0.6 is 0 Å². The molecular weight excluding hydrogens is 252 g/mol. The Labute approximate surface area is 116 Å². The Morgan fingerprint density at radius 3 is 2.70 bits per heavy atom. The first-order valence-corrected chi connectivity index (χ1v) is 6.48. The molecule has 0 saturated carbocycles. The van der Waals surface area contributed by atoms with Gasteiger partial charge in [0, 0.05) is 12.2 Å². The second-order valence-electron chi connectivity index (χ2n) is 4.72. The summed E-state index contributed by atoms with van der Waals surface area (Å²) in [5, 5.41) is 12.6. The van der Waals surface area contributed by atoms with Gasteiger partial charge in [0.05, 0.1) is 29.8 Å². The molecule has 20 heavy (non-hydrogen) atoms. The second-order valence-corrected chi connectivity index (χ2v) is 4.72. The summed E-state index contributed by atoms with van der Waals surface area (Å²) in [6.45, 7) is 2.47. The van der Waals surface area contributed by atoms with Crippen LogP contribution in [-0.2, 0) is 6.54 Å². The van der Waals surface area contributed by atoms with Gasteiger partial charge in [0.25, 0.3) is 0 Å². The predicted molar refractivity (Wildman–Crippen MR) is 75.3 cm³/mol. The third kappa shape index (κ3) is 2.60. The minimum absolute atomic E-state index is 0.106. The molecule has 0 saturated heterocycles. The highest BCUT2D eigenvalue weighted by atomic mass is 15.4. The summed E-state index contributed by atoms with van der Waals surface area (Å²) in [5.74, 6) is 0. The number of hydrogen-bond acceptors (Lipinski definition) is 4. The van der Waals surface area contributed by atoms with Crippen molar-refractivity contribution in [1.29, 1.82) is 0 Å². The second kappa shape index (κ2) is 5.26. The Kier molecular flexibility index (Phi) is 3.30. The third-order valence-corrected chi connectivity index (χ3v) is 3.01. The molecule has 0 aliphatic heterocycles. The van der Waals surface area contributed by atoms with E-state index in [2.05, 4.69) is 15.4 Å². The number of rotatable bonds is 4. The van der Waals surface area contributed by atoms with Crippen molar-refractivity contribution in [3.8, 4) is 5.69 Å². The zero-order chi connectivity index (χ0) is 13.9. The highest BCUT2D eigenvalue weighted by molar-refractivity contribution is 5.30. The standard InChI is InChI=1S/C14H16N6/c1-11(15)14-10-19(18-16-14)9-12-7-8-20(17-12)13-5-3-2-4-6-13/h2-8,10-11H,9,15H2,1H3. The van der Waals surface area contributed by atoms with Gasteiger partial charge in [-0.1, -0.05) is 23.4 Å². The fraction of sp³-hybridized carbons (Fsp3) is 0.214. The number of nitrogens with two attached hydrogens (primary N) is 1. The van der Waals surface area contributed by atoms with E-state index in [1.165, 1.54) is 0 Å². The Morgan fingerprint density at radius 2 is 2.00 bits per heavy atom. The van der Waals surface area contributed by atoms with Crippen LogP contribution in [0.25, 0.3) is 5.69 Å². The number of benzene rings is 1. The number of aromatic nitrogens is 5. The molecule has 0 fully saturated rings. The zero-order valence-corrected chi connectivity index (χ0v) is 11.2. The van der Waals surface area contributed by atoms with Crippen LogP contribution in [0.5, 0.6) is 0 Å². The molecule has 2 aromatic heterocycles. The Bertz CT molecular complexity index is 683. The van der Waals surface area contributed by atoms with Gasteiger partial charge < -0.3 is 5.73 Å². The van der Waals surface area contributed by atoms with Crippen LogP contribution in [0.1, 0.15) is 24.4 Å². The summed E-state index contributed by atoms with van der Waals surface area (Å²) in [6, 6.07) is 11.9. The normalized spacial score (nSPS) is 12.5. The molecule has 2 heterocycles. The smallest absolute Gasteiger partial charge is 0.0991 e. The molecule has 0 spiro atoms. The van der Waals surface area contributed by atoms with Gasteiger partial charge in [-0.2, -0.15) is 5.10 Å². The van der Waals surface area contributed by atoms with Crippen molar-refractivity contribution in [2.45, 2.75) is 19.5 Å². The fourth-order valence-electron chi connectivity index (χ4n) is 1.94. The summed E-state index contributed by atoms with van der Waals surface area (Å²) in [4.78, 5) is 0. The molecule has 0 amide bonds. The molecule has 0 radical (unpaired) electrons. The van der Waals surface area contributed by atoms with Crippen LogP contribution in [0.2, 0.25) is 0 Å². The Hall–Kier alpha value is -2.47. The van der Waals surface area contributed by atoms with Gasteiger partial charge in [0.2, 0.25) is 0 Å². The van der Waals surface area contributed by atoms with Gasteiger partial charge in [0.15, 0.2) is 0 Å². The molecule has 0 aliphatic carbocycles. The van der Waals surface area contributed by atoms with Crippen molar-refractivity contribution in [1.82, 2.24) is 24.8 Å². The van der Waals surface area contributed by atoms with Crippen LogP contribution in [-0.4, -0.2) is 24.8 Å². The highest BCUT2D eigenvalue weighted by Crippen LogP contribution is 2.09. The maximum Gasteiger partial charge on any atom is 0.0991 e. The summed E-state index contributed by atoms with van der Waals surface area (Å²) in [6.07, 6.45) is 3.79. The number of hydrogen-bond donors (Lipinski definition) is 1. The molecular formula is C14H16N6. The average Bonchev–Trinajstić information content (AvgIpc) is 3.10. The van der Waals surface area contributed by atoms with Gasteiger partial charge in [-0.25, -0.2) is 9.36 Å². The quantitative estimate of drug-likeness (QED) is 0.778. The van der Waals surface area contributed by atoms with Gasteiger partial charge in [-0.15, -0.1) is 5.10 Å². The van der Waals surface area contributed by atoms with Crippen molar-refractivity contribution >= 4 is 0 Å². The SMILES string of the molecule is CC(N)c1cn(Cc2ccn(-c3ccccc3)n2)nn1. The molecule has 3 rings (SSSR count). The van der Waals surface area contributed by atoms with E-state index >= 15 is 0 Å². The van der Waals surface area contributed by atoms with E-state index in [-0.39, 0.29) is 6.04 Å². The lowest BCUT2D eigenvalue weighted by molar-refractivity contribution is 0.631. The molecule has 2 N–H and O–H groups in total. The van der Waals surface area contributed by atoms with E-state index < -0.39 is 0 Å². The average molecular weight is 268 g/mol. The largest absolute Gasteiger partial charge is 0.323 e. The van der Waals surface area contributed by atoms with Crippen molar-refractivity contribution in [3.63, 3.8) is 0 Å². The molecule has 0 aliphatic rings. The van der Waals surface area contributed by atoms with Crippen molar-refractivity contribution in [3.05, 3.63) is 60.2 Å². The van der Waals surface area contributed by atoms with E-state index in [4.69, 9.17) is 5.73 Å². The first kappa shape index (κ1) is 12.6. The van der Waals surface area contributed by atoms with Crippen LogP contribution in [0, 0.1) is 0 Å². The van der Waals surface area contributed by atoms with Crippen molar-refractivity contribution in [2.75, 3.05) is 0 Å². The van der Waals surface area contributed by atoms with E-state index in [1.807, 2.05) is 60.4 Å². The monoisotopic (exact) mass is 268 g/mol. The first-order valence-electron chi connectivity index (χ1n) is 6.48. The first-order chi connectivity index (χ1) is 9.72. The van der Waals surface area contributed by atoms with Gasteiger partial charge in [0.1, 0.15) is 0 Å². The lowest BCUT2D eigenvalue weighted by Crippen LogP contribution is -2.05. The maximum atomic E-state index is 5.76. The molecule has 3 aromatic rings. The molecule has 102 valence electrons. The Morgan fingerprint density at radius 1 is 1.20 bits per heavy atom. The zero-order valence-electron chi connectivity index (χ0n) is 11.2. The van der Waals surface area contributed by atoms with E-state index in [1.54, 1.807) is 4.68 Å². The summed E-state index contributed by atoms with van der Waals surface area (Å²) in [7, 11) is 0. The van der Waals surface area contributed by atoms with Crippen LogP contribution in [0.3, 0.4) is 0 Å². The van der Waals surface area contributed by atoms with Gasteiger partial charge in [-0.05, 0) is 25.1 Å². The Balaban J connectivity index is 1.77. The third-order valence-electron chi connectivity index (χ3n) is 3.01. The molecule has 0 bridgehead atoms. The molecule has 1 aromatic carbocycles. The minimum atomic E-state index is -0.106. The molecule has 1 atom stereocenters. The van der Waals surface area contributed by atoms with Crippen LogP contribution in [0.4, 0.5) is 0 Å². The van der Waals surface area contributed by atoms with Crippen LogP contribution in [0.15, 0.2) is 48.8 Å². The highest BCUT2D eigenvalue weighted by Gasteiger charge is 2.07. The van der Waals surface area contributed by atoms with Crippen molar-refractivity contribution in [2.24, 2.45) is 5.73 Å². The number of para-hydroxylation sites is 1. The summed E-state index contributed by atoms with van der Waals surface area (Å²) in [5.41, 5.74) is 8.51. The summed E-state index contributed by atoms with van der Waals surface area (Å²) < 4.78 is 3.59. The van der Waals surface area contributed by atoms with E-state index in [9.17, 15) is 0 Å². The predicted octanol–water partition coefficient (Wildman–Crippen LogP) is 1.53. The summed E-state index contributed by atoms with van der Waals surface area (Å²) >= 11 is 0. The maximum absolute atomic E-state index is 5.76. The van der Waals surface area contributed by atoms with Gasteiger partial charge >= 0.3 is 0 Å².